The fraction of sp³-hybridized carbons (Fsp3) is 0.292. The lowest BCUT2D eigenvalue weighted by Gasteiger charge is -2.38. The number of nitrogens with zero attached hydrogens (tertiary/aromatic N) is 3. The van der Waals surface area contributed by atoms with Gasteiger partial charge < -0.3 is 14.8 Å². The van der Waals surface area contributed by atoms with E-state index in [1.165, 1.54) is 0 Å². The predicted molar refractivity (Wildman–Crippen MR) is 120 cm³/mol. The quantitative estimate of drug-likeness (QED) is 0.595. The first-order chi connectivity index (χ1) is 15.4. The lowest BCUT2D eigenvalue weighted by molar-refractivity contribution is -0.118. The number of ketones is 1. The third kappa shape index (κ3) is 3.07. The number of Topliss-reactive ketones (excluding diaryl/α,β-unsaturated/α-hetero) is 1. The highest BCUT2D eigenvalue weighted by Crippen LogP contribution is 2.47. The van der Waals surface area contributed by atoms with Crippen molar-refractivity contribution in [1.82, 2.24) is 14.8 Å². The van der Waals surface area contributed by atoms with Crippen LogP contribution in [0.15, 0.2) is 53.7 Å². The van der Waals surface area contributed by atoms with Gasteiger partial charge in [0.2, 0.25) is 12.7 Å². The van der Waals surface area contributed by atoms with E-state index in [0.717, 1.165) is 28.8 Å². The van der Waals surface area contributed by atoms with Crippen molar-refractivity contribution in [3.8, 4) is 22.9 Å². The van der Waals surface area contributed by atoms with Crippen LogP contribution in [0.1, 0.15) is 38.3 Å². The molecule has 0 fully saturated rings. The number of aromatic nitrogens is 3. The first kappa shape index (κ1) is 19.4. The molecule has 7 nitrogen and oxygen atoms in total. The van der Waals surface area contributed by atoms with Gasteiger partial charge in [0.05, 0.1) is 0 Å². The maximum absolute atomic E-state index is 13.4. The van der Waals surface area contributed by atoms with Gasteiger partial charge >= 0.3 is 0 Å². The molecule has 1 unspecified atom stereocenters. The standard InChI is InChI=1S/C24H21ClN4O3/c1-24(2)10-16-20(17(30)11-24)21(13-6-7-18-19(9-13)32-12-31-18)29-23(26-16)27-22(28-29)14-4-3-5-15(25)8-14/h3-9,21H,10-12H2,1-2H3,(H,26,27,28). The van der Waals surface area contributed by atoms with Crippen LogP contribution in [0.25, 0.3) is 11.4 Å². The molecule has 6 rings (SSSR count). The number of fused-ring (bicyclic) bond motifs is 2. The molecule has 1 aliphatic carbocycles. The molecule has 8 heteroatoms. The van der Waals surface area contributed by atoms with Gasteiger partial charge in [-0.3, -0.25) is 4.79 Å². The summed E-state index contributed by atoms with van der Waals surface area (Å²) in [5.74, 6) is 2.64. The molecule has 0 bridgehead atoms. The number of rotatable bonds is 2. The SMILES string of the molecule is CC1(C)CC(=O)C2=C(C1)Nc1nc(-c3cccc(Cl)c3)nn1C2c1ccc2c(c1)OCO2. The summed E-state index contributed by atoms with van der Waals surface area (Å²) in [6.45, 7) is 4.42. The Morgan fingerprint density at radius 3 is 2.81 bits per heavy atom. The summed E-state index contributed by atoms with van der Waals surface area (Å²) < 4.78 is 12.9. The molecular weight excluding hydrogens is 428 g/mol. The minimum Gasteiger partial charge on any atom is -0.454 e. The van der Waals surface area contributed by atoms with Crippen LogP contribution in [0, 0.1) is 5.41 Å². The molecule has 32 heavy (non-hydrogen) atoms. The summed E-state index contributed by atoms with van der Waals surface area (Å²) in [7, 11) is 0. The van der Waals surface area contributed by atoms with E-state index < -0.39 is 6.04 Å². The number of benzene rings is 2. The number of hydrogen-bond donors (Lipinski definition) is 1. The van der Waals surface area contributed by atoms with Crippen molar-refractivity contribution in [2.24, 2.45) is 5.41 Å². The summed E-state index contributed by atoms with van der Waals surface area (Å²) in [5, 5.41) is 8.82. The summed E-state index contributed by atoms with van der Waals surface area (Å²) >= 11 is 6.19. The molecular formula is C24H21ClN4O3. The molecule has 0 spiro atoms. The third-order valence-corrected chi connectivity index (χ3v) is 6.36. The summed E-state index contributed by atoms with van der Waals surface area (Å²) in [6, 6.07) is 12.8. The van der Waals surface area contributed by atoms with Crippen LogP contribution < -0.4 is 14.8 Å². The Kier molecular flexibility index (Phi) is 4.14. The van der Waals surface area contributed by atoms with Crippen molar-refractivity contribution in [1.29, 1.82) is 0 Å². The Morgan fingerprint density at radius 2 is 1.97 bits per heavy atom. The van der Waals surface area contributed by atoms with Gasteiger partial charge in [-0.05, 0) is 41.7 Å². The lowest BCUT2D eigenvalue weighted by atomic mass is 9.73. The van der Waals surface area contributed by atoms with Gasteiger partial charge in [0.25, 0.3) is 0 Å². The normalized spacial score (nSPS) is 20.6. The molecule has 3 heterocycles. The maximum atomic E-state index is 13.4. The molecule has 0 radical (unpaired) electrons. The highest BCUT2D eigenvalue weighted by molar-refractivity contribution is 6.30. The number of carbonyl (C=O) groups is 1. The van der Waals surface area contributed by atoms with Crippen molar-refractivity contribution >= 4 is 23.3 Å². The molecule has 1 atom stereocenters. The Labute approximate surface area is 190 Å². The van der Waals surface area contributed by atoms with E-state index in [2.05, 4.69) is 19.2 Å². The average Bonchev–Trinajstić information content (AvgIpc) is 3.37. The average molecular weight is 449 g/mol. The van der Waals surface area contributed by atoms with E-state index in [-0.39, 0.29) is 18.0 Å². The zero-order chi connectivity index (χ0) is 22.0. The van der Waals surface area contributed by atoms with Gasteiger partial charge in [0, 0.05) is 28.3 Å². The fourth-order valence-corrected chi connectivity index (χ4v) is 4.94. The largest absolute Gasteiger partial charge is 0.454 e. The Bertz CT molecular complexity index is 1310. The van der Waals surface area contributed by atoms with Gasteiger partial charge in [-0.1, -0.05) is 43.6 Å². The topological polar surface area (TPSA) is 78.3 Å². The Morgan fingerprint density at radius 1 is 1.12 bits per heavy atom. The lowest BCUT2D eigenvalue weighted by Crippen LogP contribution is -2.36. The Balaban J connectivity index is 1.53. The first-order valence-electron chi connectivity index (χ1n) is 10.5. The zero-order valence-electron chi connectivity index (χ0n) is 17.7. The zero-order valence-corrected chi connectivity index (χ0v) is 18.4. The minimum atomic E-state index is -0.403. The van der Waals surface area contributed by atoms with Crippen LogP contribution in [0.5, 0.6) is 11.5 Å². The van der Waals surface area contributed by atoms with E-state index in [1.54, 1.807) is 4.68 Å². The molecule has 3 aromatic rings. The van der Waals surface area contributed by atoms with Gasteiger partial charge in [-0.25, -0.2) is 4.68 Å². The summed E-state index contributed by atoms with van der Waals surface area (Å²) in [6.07, 6.45) is 1.24. The third-order valence-electron chi connectivity index (χ3n) is 6.13. The second-order valence-electron chi connectivity index (χ2n) is 9.19. The Hall–Kier alpha value is -3.32. The van der Waals surface area contributed by atoms with Crippen molar-refractivity contribution < 1.29 is 14.3 Å². The number of hydrogen-bond acceptors (Lipinski definition) is 6. The van der Waals surface area contributed by atoms with E-state index in [4.69, 9.17) is 31.2 Å². The highest BCUT2D eigenvalue weighted by Gasteiger charge is 2.42. The van der Waals surface area contributed by atoms with Crippen LogP contribution in [-0.2, 0) is 4.79 Å². The van der Waals surface area contributed by atoms with Crippen molar-refractivity contribution in [3.63, 3.8) is 0 Å². The summed E-state index contributed by atoms with van der Waals surface area (Å²) in [5.41, 5.74) is 3.24. The van der Waals surface area contributed by atoms with Gasteiger partial charge in [0.1, 0.15) is 6.04 Å². The van der Waals surface area contributed by atoms with E-state index in [1.807, 2.05) is 42.5 Å². The van der Waals surface area contributed by atoms with Crippen molar-refractivity contribution in [2.45, 2.75) is 32.7 Å². The van der Waals surface area contributed by atoms with Crippen LogP contribution >= 0.6 is 11.6 Å². The van der Waals surface area contributed by atoms with Gasteiger partial charge in [0.15, 0.2) is 23.1 Å². The van der Waals surface area contributed by atoms with Gasteiger partial charge in [-0.2, -0.15) is 4.98 Å². The highest BCUT2D eigenvalue weighted by atomic mass is 35.5. The van der Waals surface area contributed by atoms with E-state index in [0.29, 0.717) is 34.7 Å². The molecule has 3 aliphatic rings. The predicted octanol–water partition coefficient (Wildman–Crippen LogP) is 4.99. The number of halogens is 1. The van der Waals surface area contributed by atoms with Crippen LogP contribution in [0.2, 0.25) is 5.02 Å². The molecule has 1 aromatic heterocycles. The smallest absolute Gasteiger partial charge is 0.231 e. The fourth-order valence-electron chi connectivity index (χ4n) is 4.75. The molecule has 162 valence electrons. The number of ether oxygens (including phenoxy) is 2. The molecule has 2 aliphatic heterocycles. The van der Waals surface area contributed by atoms with Crippen molar-refractivity contribution in [3.05, 3.63) is 64.3 Å². The van der Waals surface area contributed by atoms with Gasteiger partial charge in [-0.15, -0.1) is 5.10 Å². The summed E-state index contributed by atoms with van der Waals surface area (Å²) in [4.78, 5) is 18.1. The minimum absolute atomic E-state index is 0.122. The maximum Gasteiger partial charge on any atom is 0.231 e. The monoisotopic (exact) mass is 448 g/mol. The molecule has 2 aromatic carbocycles. The van der Waals surface area contributed by atoms with Crippen molar-refractivity contribution in [2.75, 3.05) is 12.1 Å². The molecule has 0 amide bonds. The molecule has 1 N–H and O–H groups in total. The van der Waals surface area contributed by atoms with Crippen LogP contribution in [-0.4, -0.2) is 27.3 Å². The number of anilines is 1. The number of carbonyl (C=O) groups excluding carboxylic acids is 1. The molecule has 0 saturated carbocycles. The van der Waals surface area contributed by atoms with E-state index >= 15 is 0 Å². The molecule has 0 saturated heterocycles. The van der Waals surface area contributed by atoms with E-state index in [9.17, 15) is 4.79 Å². The van der Waals surface area contributed by atoms with Crippen LogP contribution in [0.3, 0.4) is 0 Å². The number of nitrogens with one attached hydrogen (secondary N) is 1. The van der Waals surface area contributed by atoms with Crippen LogP contribution in [0.4, 0.5) is 5.95 Å². The second kappa shape index (κ2) is 6.84. The first-order valence-corrected chi connectivity index (χ1v) is 10.9. The number of allylic oxidation sites excluding steroid dienone is 2. The second-order valence-corrected chi connectivity index (χ2v) is 9.62.